The van der Waals surface area contributed by atoms with Crippen molar-refractivity contribution in [1.29, 1.82) is 0 Å². The third kappa shape index (κ3) is 2.66. The molecule has 0 bridgehead atoms. The molecule has 0 saturated heterocycles. The Morgan fingerprint density at radius 3 is 3.00 bits per heavy atom. The van der Waals surface area contributed by atoms with Crippen molar-refractivity contribution in [3.8, 4) is 0 Å². The Morgan fingerprint density at radius 2 is 2.27 bits per heavy atom. The van der Waals surface area contributed by atoms with Crippen LogP contribution in [0.5, 0.6) is 0 Å². The number of rotatable bonds is 0. The van der Waals surface area contributed by atoms with Crippen molar-refractivity contribution in [1.82, 2.24) is 0 Å². The van der Waals surface area contributed by atoms with E-state index in [2.05, 4.69) is 21.2 Å². The maximum Gasteiger partial charge on any atom is 0.242 e. The third-order valence-corrected chi connectivity index (χ3v) is 4.15. The second-order valence-electron chi connectivity index (χ2n) is 3.02. The predicted molar refractivity (Wildman–Crippen MR) is 68.7 cm³/mol. The lowest BCUT2D eigenvalue weighted by Crippen LogP contribution is -2.36. The van der Waals surface area contributed by atoms with Gasteiger partial charge >= 0.3 is 0 Å². The number of halogens is 2. The van der Waals surface area contributed by atoms with E-state index in [0.717, 1.165) is 15.1 Å². The molecule has 0 aliphatic carbocycles. The van der Waals surface area contributed by atoms with Crippen molar-refractivity contribution in [2.24, 2.45) is 5.73 Å². The SMILES string of the molecule is Cl.N[C@H]1CSc2c(Br)cccc2NC1=O. The molecule has 82 valence electrons. The van der Waals surface area contributed by atoms with Crippen LogP contribution in [0.25, 0.3) is 0 Å². The monoisotopic (exact) mass is 308 g/mol. The van der Waals surface area contributed by atoms with Crippen molar-refractivity contribution < 1.29 is 4.79 Å². The van der Waals surface area contributed by atoms with E-state index in [1.54, 1.807) is 11.8 Å². The quantitative estimate of drug-likeness (QED) is 0.773. The number of thioether (sulfide) groups is 1. The number of amides is 1. The fourth-order valence-corrected chi connectivity index (χ4v) is 2.92. The van der Waals surface area contributed by atoms with Crippen LogP contribution in [0, 0.1) is 0 Å². The molecule has 0 saturated carbocycles. The smallest absolute Gasteiger partial charge is 0.242 e. The molecule has 0 radical (unpaired) electrons. The first kappa shape index (κ1) is 12.8. The van der Waals surface area contributed by atoms with Crippen molar-refractivity contribution in [2.45, 2.75) is 10.9 Å². The molecule has 2 rings (SSSR count). The average molecular weight is 310 g/mol. The molecule has 0 aromatic heterocycles. The maximum atomic E-state index is 11.4. The molecule has 1 aromatic rings. The van der Waals surface area contributed by atoms with Crippen LogP contribution < -0.4 is 11.1 Å². The van der Waals surface area contributed by atoms with Gasteiger partial charge in [-0.2, -0.15) is 0 Å². The summed E-state index contributed by atoms with van der Waals surface area (Å²) in [7, 11) is 0. The highest BCUT2D eigenvalue weighted by Gasteiger charge is 2.21. The molecular formula is C9H10BrClN2OS. The summed E-state index contributed by atoms with van der Waals surface area (Å²) in [6.45, 7) is 0. The summed E-state index contributed by atoms with van der Waals surface area (Å²) in [4.78, 5) is 12.5. The largest absolute Gasteiger partial charge is 0.324 e. The van der Waals surface area contributed by atoms with E-state index >= 15 is 0 Å². The minimum Gasteiger partial charge on any atom is -0.324 e. The number of benzene rings is 1. The molecule has 3 N–H and O–H groups in total. The van der Waals surface area contributed by atoms with Gasteiger partial charge in [-0.1, -0.05) is 6.07 Å². The summed E-state index contributed by atoms with van der Waals surface area (Å²) in [5.41, 5.74) is 6.50. The zero-order valence-corrected chi connectivity index (χ0v) is 10.9. The van der Waals surface area contributed by atoms with Gasteiger partial charge in [0.15, 0.2) is 0 Å². The highest BCUT2D eigenvalue weighted by atomic mass is 79.9. The topological polar surface area (TPSA) is 55.1 Å². The van der Waals surface area contributed by atoms with E-state index in [9.17, 15) is 4.79 Å². The van der Waals surface area contributed by atoms with Gasteiger partial charge in [0.2, 0.25) is 5.91 Å². The van der Waals surface area contributed by atoms with Gasteiger partial charge in [0.05, 0.1) is 11.7 Å². The van der Waals surface area contributed by atoms with E-state index in [-0.39, 0.29) is 18.3 Å². The lowest BCUT2D eigenvalue weighted by molar-refractivity contribution is -0.116. The Hall–Kier alpha value is -0.230. The van der Waals surface area contributed by atoms with Gasteiger partial charge in [-0.15, -0.1) is 24.2 Å². The van der Waals surface area contributed by atoms with E-state index in [0.29, 0.717) is 5.75 Å². The molecule has 15 heavy (non-hydrogen) atoms. The van der Waals surface area contributed by atoms with Gasteiger partial charge in [0.25, 0.3) is 0 Å². The van der Waals surface area contributed by atoms with Gasteiger partial charge in [-0.25, -0.2) is 0 Å². The first-order valence-corrected chi connectivity index (χ1v) is 5.94. The predicted octanol–water partition coefficient (Wildman–Crippen LogP) is 2.24. The Balaban J connectivity index is 0.00000112. The second kappa shape index (κ2) is 5.21. The lowest BCUT2D eigenvalue weighted by atomic mass is 10.3. The summed E-state index contributed by atoms with van der Waals surface area (Å²) in [6, 6.07) is 5.29. The van der Waals surface area contributed by atoms with Gasteiger partial charge in [-0.05, 0) is 28.1 Å². The van der Waals surface area contributed by atoms with Crippen LogP contribution in [0.15, 0.2) is 27.6 Å². The van der Waals surface area contributed by atoms with Gasteiger partial charge in [-0.3, -0.25) is 4.79 Å². The van der Waals surface area contributed by atoms with E-state index in [1.807, 2.05) is 18.2 Å². The standard InChI is InChI=1S/C9H9BrN2OS.ClH/c10-5-2-1-3-7-8(5)14-4-6(11)9(13)12-7;/h1-3,6H,4,11H2,(H,12,13);1H/t6-;/m0./s1. The summed E-state index contributed by atoms with van der Waals surface area (Å²) in [5, 5.41) is 2.80. The molecule has 1 amide bonds. The highest BCUT2D eigenvalue weighted by molar-refractivity contribution is 9.10. The van der Waals surface area contributed by atoms with E-state index < -0.39 is 6.04 Å². The Bertz CT molecular complexity index is 388. The summed E-state index contributed by atoms with van der Waals surface area (Å²) in [5.74, 6) is 0.496. The van der Waals surface area contributed by atoms with Gasteiger partial charge in [0, 0.05) is 15.1 Å². The molecule has 1 heterocycles. The van der Waals surface area contributed by atoms with Crippen LogP contribution >= 0.6 is 40.1 Å². The fraction of sp³-hybridized carbons (Fsp3) is 0.222. The van der Waals surface area contributed by atoms with Crippen molar-refractivity contribution >= 4 is 51.7 Å². The van der Waals surface area contributed by atoms with Crippen molar-refractivity contribution in [3.05, 3.63) is 22.7 Å². The van der Waals surface area contributed by atoms with Crippen LogP contribution in [0.1, 0.15) is 0 Å². The molecule has 0 spiro atoms. The minimum absolute atomic E-state index is 0. The summed E-state index contributed by atoms with van der Waals surface area (Å²) in [6.07, 6.45) is 0. The maximum absolute atomic E-state index is 11.4. The molecule has 6 heteroatoms. The Kier molecular flexibility index (Phi) is 4.45. The van der Waals surface area contributed by atoms with Crippen LogP contribution in [0.3, 0.4) is 0 Å². The Morgan fingerprint density at radius 1 is 1.53 bits per heavy atom. The minimum atomic E-state index is -0.431. The third-order valence-electron chi connectivity index (χ3n) is 1.97. The summed E-state index contributed by atoms with van der Waals surface area (Å²) >= 11 is 5.04. The van der Waals surface area contributed by atoms with Crippen LogP contribution in [0.2, 0.25) is 0 Å². The molecular weight excluding hydrogens is 300 g/mol. The Labute approximate surface area is 107 Å². The normalized spacial score (nSPS) is 19.6. The zero-order valence-electron chi connectivity index (χ0n) is 7.70. The number of nitrogens with two attached hydrogens (primary N) is 1. The average Bonchev–Trinajstić information content (AvgIpc) is 2.29. The van der Waals surface area contributed by atoms with Crippen molar-refractivity contribution in [3.63, 3.8) is 0 Å². The molecule has 0 fully saturated rings. The molecule has 0 unspecified atom stereocenters. The number of fused-ring (bicyclic) bond motifs is 1. The molecule has 1 aromatic carbocycles. The van der Waals surface area contributed by atoms with Crippen LogP contribution in [-0.4, -0.2) is 17.7 Å². The number of anilines is 1. The molecule has 3 nitrogen and oxygen atoms in total. The number of hydrogen-bond acceptors (Lipinski definition) is 3. The number of hydrogen-bond donors (Lipinski definition) is 2. The fourth-order valence-electron chi connectivity index (χ4n) is 1.23. The second-order valence-corrected chi connectivity index (χ2v) is 4.91. The van der Waals surface area contributed by atoms with E-state index in [4.69, 9.17) is 5.73 Å². The van der Waals surface area contributed by atoms with Gasteiger partial charge in [0.1, 0.15) is 0 Å². The number of carbonyl (C=O) groups is 1. The van der Waals surface area contributed by atoms with E-state index in [1.165, 1.54) is 0 Å². The molecule has 1 atom stereocenters. The number of nitrogens with one attached hydrogen (secondary N) is 1. The lowest BCUT2D eigenvalue weighted by Gasteiger charge is -2.06. The molecule has 1 aliphatic heterocycles. The van der Waals surface area contributed by atoms with Gasteiger partial charge < -0.3 is 11.1 Å². The summed E-state index contributed by atoms with van der Waals surface area (Å²) < 4.78 is 0.995. The zero-order chi connectivity index (χ0) is 10.1. The van der Waals surface area contributed by atoms with Crippen LogP contribution in [-0.2, 0) is 4.79 Å². The first-order chi connectivity index (χ1) is 6.68. The molecule has 1 aliphatic rings. The van der Waals surface area contributed by atoms with Crippen molar-refractivity contribution in [2.75, 3.05) is 11.1 Å². The number of carbonyl (C=O) groups excluding carboxylic acids is 1. The first-order valence-electron chi connectivity index (χ1n) is 4.16. The van der Waals surface area contributed by atoms with Crippen LogP contribution in [0.4, 0.5) is 5.69 Å². The highest BCUT2D eigenvalue weighted by Crippen LogP contribution is 2.36.